The van der Waals surface area contributed by atoms with E-state index in [0.717, 1.165) is 38.8 Å². The molecule has 0 aliphatic carbocycles. The van der Waals surface area contributed by atoms with Crippen molar-refractivity contribution in [3.8, 4) is 0 Å². The standard InChI is InChI=1S/C14H21N3O3/c1-2-4-9-12(18)15-14(20)17(13(9)19)11-6-8-16-7-3-5-10(11)16/h9-11H,2-8H2,1H3,(H,15,18,20). The fourth-order valence-corrected chi connectivity index (χ4v) is 3.85. The van der Waals surface area contributed by atoms with Crippen LogP contribution in [-0.2, 0) is 9.59 Å². The molecule has 0 aromatic rings. The van der Waals surface area contributed by atoms with Gasteiger partial charge in [0.05, 0.1) is 6.04 Å². The van der Waals surface area contributed by atoms with E-state index in [2.05, 4.69) is 10.2 Å². The van der Waals surface area contributed by atoms with E-state index in [0.29, 0.717) is 12.5 Å². The largest absolute Gasteiger partial charge is 0.331 e. The van der Waals surface area contributed by atoms with Gasteiger partial charge in [0, 0.05) is 12.6 Å². The molecule has 0 saturated carbocycles. The summed E-state index contributed by atoms with van der Waals surface area (Å²) >= 11 is 0. The summed E-state index contributed by atoms with van der Waals surface area (Å²) in [5.74, 6) is -1.41. The predicted octanol–water partition coefficient (Wildman–Crippen LogP) is 0.718. The highest BCUT2D eigenvalue weighted by Gasteiger charge is 2.49. The molecule has 3 fully saturated rings. The van der Waals surface area contributed by atoms with Crippen molar-refractivity contribution in [1.82, 2.24) is 15.1 Å². The predicted molar refractivity (Wildman–Crippen MR) is 71.8 cm³/mol. The quantitative estimate of drug-likeness (QED) is 0.773. The number of hydrogen-bond donors (Lipinski definition) is 1. The first-order valence-electron chi connectivity index (χ1n) is 7.55. The Balaban J connectivity index is 1.82. The summed E-state index contributed by atoms with van der Waals surface area (Å²) in [7, 11) is 0. The van der Waals surface area contributed by atoms with Crippen LogP contribution >= 0.6 is 0 Å². The van der Waals surface area contributed by atoms with Crippen LogP contribution in [0.25, 0.3) is 0 Å². The molecule has 3 heterocycles. The van der Waals surface area contributed by atoms with E-state index in [1.54, 1.807) is 0 Å². The molecule has 0 aromatic carbocycles. The highest BCUT2D eigenvalue weighted by Crippen LogP contribution is 2.33. The Bertz CT molecular complexity index is 451. The van der Waals surface area contributed by atoms with Crippen molar-refractivity contribution in [2.24, 2.45) is 5.92 Å². The van der Waals surface area contributed by atoms with Crippen LogP contribution in [0.4, 0.5) is 4.79 Å². The lowest BCUT2D eigenvalue weighted by atomic mass is 9.96. The van der Waals surface area contributed by atoms with Gasteiger partial charge in [-0.2, -0.15) is 0 Å². The summed E-state index contributed by atoms with van der Waals surface area (Å²) in [5.41, 5.74) is 0. The topological polar surface area (TPSA) is 69.7 Å². The maximum atomic E-state index is 12.5. The monoisotopic (exact) mass is 279 g/mol. The number of urea groups is 1. The van der Waals surface area contributed by atoms with Gasteiger partial charge in [-0.25, -0.2) is 4.79 Å². The summed E-state index contributed by atoms with van der Waals surface area (Å²) < 4.78 is 0. The zero-order valence-corrected chi connectivity index (χ0v) is 11.8. The summed E-state index contributed by atoms with van der Waals surface area (Å²) in [6.07, 6.45) is 4.26. The fourth-order valence-electron chi connectivity index (χ4n) is 3.85. The third-order valence-corrected chi connectivity index (χ3v) is 4.78. The average Bonchev–Trinajstić information content (AvgIpc) is 2.98. The third kappa shape index (κ3) is 2.02. The second-order valence-electron chi connectivity index (χ2n) is 5.95. The first-order chi connectivity index (χ1) is 9.63. The average molecular weight is 279 g/mol. The molecule has 3 aliphatic heterocycles. The number of carbonyl (C=O) groups is 3. The van der Waals surface area contributed by atoms with Crippen LogP contribution in [0.5, 0.6) is 0 Å². The molecule has 3 rings (SSSR count). The number of amides is 4. The first-order valence-corrected chi connectivity index (χ1v) is 7.55. The number of hydrogen-bond acceptors (Lipinski definition) is 4. The number of fused-ring (bicyclic) bond motifs is 1. The second kappa shape index (κ2) is 5.16. The molecule has 3 saturated heterocycles. The lowest BCUT2D eigenvalue weighted by Gasteiger charge is -2.36. The van der Waals surface area contributed by atoms with Gasteiger partial charge in [0.25, 0.3) is 0 Å². The van der Waals surface area contributed by atoms with Crippen LogP contribution in [0.1, 0.15) is 39.0 Å². The molecule has 0 aromatic heterocycles. The fraction of sp³-hybridized carbons (Fsp3) is 0.786. The van der Waals surface area contributed by atoms with Gasteiger partial charge < -0.3 is 0 Å². The van der Waals surface area contributed by atoms with E-state index in [1.807, 2.05) is 6.92 Å². The van der Waals surface area contributed by atoms with Gasteiger partial charge >= 0.3 is 6.03 Å². The Hall–Kier alpha value is -1.43. The minimum absolute atomic E-state index is 0.0579. The van der Waals surface area contributed by atoms with E-state index >= 15 is 0 Å². The number of barbiturate groups is 1. The highest BCUT2D eigenvalue weighted by atomic mass is 16.2. The summed E-state index contributed by atoms with van der Waals surface area (Å²) in [6.45, 7) is 3.94. The van der Waals surface area contributed by atoms with Crippen LogP contribution in [0.2, 0.25) is 0 Å². The highest BCUT2D eigenvalue weighted by molar-refractivity contribution is 6.16. The number of carbonyl (C=O) groups excluding carboxylic acids is 3. The number of rotatable bonds is 3. The Morgan fingerprint density at radius 1 is 1.15 bits per heavy atom. The Morgan fingerprint density at radius 2 is 1.95 bits per heavy atom. The van der Waals surface area contributed by atoms with Gasteiger partial charge in [-0.15, -0.1) is 0 Å². The zero-order chi connectivity index (χ0) is 14.3. The van der Waals surface area contributed by atoms with Gasteiger partial charge in [0.2, 0.25) is 11.8 Å². The molecule has 20 heavy (non-hydrogen) atoms. The SMILES string of the molecule is CCCC1C(=O)NC(=O)N(C2CCN3CCCC23)C1=O. The van der Waals surface area contributed by atoms with E-state index in [-0.39, 0.29) is 11.9 Å². The second-order valence-corrected chi connectivity index (χ2v) is 5.95. The minimum atomic E-state index is -0.687. The first kappa shape index (κ1) is 13.5. The maximum absolute atomic E-state index is 12.5. The van der Waals surface area contributed by atoms with Crippen LogP contribution in [0.3, 0.4) is 0 Å². The molecule has 1 N–H and O–H groups in total. The Morgan fingerprint density at radius 3 is 2.70 bits per heavy atom. The van der Waals surface area contributed by atoms with Crippen LogP contribution in [0.15, 0.2) is 0 Å². The van der Waals surface area contributed by atoms with E-state index in [4.69, 9.17) is 0 Å². The van der Waals surface area contributed by atoms with E-state index < -0.39 is 17.9 Å². The normalized spacial score (nSPS) is 34.5. The molecule has 0 bridgehead atoms. The van der Waals surface area contributed by atoms with E-state index in [9.17, 15) is 14.4 Å². The van der Waals surface area contributed by atoms with Crippen molar-refractivity contribution in [2.45, 2.75) is 51.1 Å². The lowest BCUT2D eigenvalue weighted by molar-refractivity contribution is -0.144. The van der Waals surface area contributed by atoms with Crippen molar-refractivity contribution >= 4 is 17.8 Å². The number of nitrogens with one attached hydrogen (secondary N) is 1. The molecule has 3 aliphatic rings. The molecule has 110 valence electrons. The van der Waals surface area contributed by atoms with Gasteiger partial charge in [0.1, 0.15) is 5.92 Å². The number of nitrogens with zero attached hydrogens (tertiary/aromatic N) is 2. The number of imide groups is 2. The van der Waals surface area contributed by atoms with Crippen molar-refractivity contribution in [2.75, 3.05) is 13.1 Å². The van der Waals surface area contributed by atoms with Gasteiger partial charge in [-0.3, -0.25) is 24.7 Å². The van der Waals surface area contributed by atoms with Crippen molar-refractivity contribution in [3.05, 3.63) is 0 Å². The Kier molecular flexibility index (Phi) is 3.50. The minimum Gasteiger partial charge on any atom is -0.298 e. The summed E-state index contributed by atoms with van der Waals surface area (Å²) in [6, 6.07) is -0.288. The van der Waals surface area contributed by atoms with Crippen LogP contribution in [-0.4, -0.2) is 52.8 Å². The molecule has 6 nitrogen and oxygen atoms in total. The van der Waals surface area contributed by atoms with Gasteiger partial charge in [0.15, 0.2) is 0 Å². The molecule has 4 amide bonds. The lowest BCUT2D eigenvalue weighted by Crippen LogP contribution is -2.62. The van der Waals surface area contributed by atoms with Gasteiger partial charge in [-0.05, 0) is 32.2 Å². The third-order valence-electron chi connectivity index (χ3n) is 4.78. The summed E-state index contributed by atoms with van der Waals surface area (Å²) in [5, 5.41) is 2.36. The van der Waals surface area contributed by atoms with Crippen LogP contribution < -0.4 is 5.32 Å². The molecule has 0 spiro atoms. The smallest absolute Gasteiger partial charge is 0.298 e. The van der Waals surface area contributed by atoms with Crippen molar-refractivity contribution < 1.29 is 14.4 Å². The Labute approximate surface area is 118 Å². The zero-order valence-electron chi connectivity index (χ0n) is 11.8. The molecule has 3 atom stereocenters. The maximum Gasteiger partial charge on any atom is 0.331 e. The molecular formula is C14H21N3O3. The molecule has 6 heteroatoms. The molecular weight excluding hydrogens is 258 g/mol. The summed E-state index contributed by atoms with van der Waals surface area (Å²) in [4.78, 5) is 40.1. The van der Waals surface area contributed by atoms with Gasteiger partial charge in [-0.1, -0.05) is 13.3 Å². The molecule has 3 unspecified atom stereocenters. The van der Waals surface area contributed by atoms with E-state index in [1.165, 1.54) is 4.90 Å². The van der Waals surface area contributed by atoms with Crippen molar-refractivity contribution in [3.63, 3.8) is 0 Å². The molecule has 0 radical (unpaired) electrons. The van der Waals surface area contributed by atoms with Crippen LogP contribution in [0, 0.1) is 5.92 Å². The van der Waals surface area contributed by atoms with Crippen molar-refractivity contribution in [1.29, 1.82) is 0 Å².